The molecule has 1 unspecified atom stereocenters. The van der Waals surface area contributed by atoms with E-state index in [0.29, 0.717) is 12.5 Å². The quantitative estimate of drug-likeness (QED) is 0.920. The van der Waals surface area contributed by atoms with E-state index in [0.717, 1.165) is 48.9 Å². The third-order valence-corrected chi connectivity index (χ3v) is 5.02. The maximum absolute atomic E-state index is 12.2. The molecule has 2 aliphatic heterocycles. The lowest BCUT2D eigenvalue weighted by Crippen LogP contribution is -2.43. The van der Waals surface area contributed by atoms with Gasteiger partial charge in [0.15, 0.2) is 0 Å². The van der Waals surface area contributed by atoms with Crippen molar-refractivity contribution in [2.24, 2.45) is 5.92 Å². The van der Waals surface area contributed by atoms with Crippen LogP contribution in [0.1, 0.15) is 26.7 Å². The molecule has 23 heavy (non-hydrogen) atoms. The number of carbonyl (C=O) groups is 1. The fraction of sp³-hybridized carbons (Fsp3) is 0.588. The van der Waals surface area contributed by atoms with E-state index >= 15 is 0 Å². The summed E-state index contributed by atoms with van der Waals surface area (Å²) in [7, 11) is -1.01. The van der Waals surface area contributed by atoms with Gasteiger partial charge in [-0.15, -0.1) is 0 Å². The number of amides is 1. The molecule has 0 spiro atoms. The van der Waals surface area contributed by atoms with Crippen LogP contribution in [0.25, 0.3) is 0 Å². The van der Waals surface area contributed by atoms with Crippen LogP contribution >= 0.6 is 0 Å². The number of nitrogens with zero attached hydrogens (tertiary/aromatic N) is 1. The van der Waals surface area contributed by atoms with E-state index in [1.807, 2.05) is 36.9 Å². The zero-order valence-electron chi connectivity index (χ0n) is 14.1. The molecule has 0 radical (unpaired) electrons. The molecule has 1 aromatic carbocycles. The van der Waals surface area contributed by atoms with Gasteiger partial charge in [-0.25, -0.2) is 0 Å². The van der Waals surface area contributed by atoms with Gasteiger partial charge in [0.25, 0.3) is 0 Å². The number of rotatable bonds is 3. The first-order valence-electron chi connectivity index (χ1n) is 8.24. The average molecular weight is 338 g/mol. The number of hydrogen-bond acceptors (Lipinski definition) is 4. The Morgan fingerprint density at radius 2 is 2.00 bits per heavy atom. The van der Waals surface area contributed by atoms with Gasteiger partial charge >= 0.3 is 0 Å². The fourth-order valence-corrected chi connectivity index (χ4v) is 3.40. The summed E-state index contributed by atoms with van der Waals surface area (Å²) in [4.78, 5) is 14.9. The third kappa shape index (κ3) is 4.32. The van der Waals surface area contributed by atoms with Gasteiger partial charge in [0.2, 0.25) is 5.91 Å². The molecule has 0 bridgehead atoms. The van der Waals surface area contributed by atoms with Crippen molar-refractivity contribution in [2.45, 2.75) is 31.6 Å². The van der Waals surface area contributed by atoms with Crippen LogP contribution in [0.4, 0.5) is 11.4 Å². The summed E-state index contributed by atoms with van der Waals surface area (Å²) < 4.78 is 17.0. The van der Waals surface area contributed by atoms with E-state index in [2.05, 4.69) is 5.32 Å². The lowest BCUT2D eigenvalue weighted by atomic mass is 9.99. The normalized spacial score (nSPS) is 19.3. The Bertz CT molecular complexity index is 571. The maximum Gasteiger partial charge on any atom is 0.246 e. The van der Waals surface area contributed by atoms with Gasteiger partial charge in [0.1, 0.15) is 0 Å². The second-order valence-corrected chi connectivity index (χ2v) is 6.93. The molecule has 6 heteroatoms. The van der Waals surface area contributed by atoms with Gasteiger partial charge in [0, 0.05) is 41.7 Å². The van der Waals surface area contributed by atoms with E-state index in [9.17, 15) is 9.00 Å². The number of benzene rings is 1. The molecule has 2 heterocycles. The summed E-state index contributed by atoms with van der Waals surface area (Å²) >= 11 is 0. The van der Waals surface area contributed by atoms with Crippen LogP contribution in [-0.4, -0.2) is 42.7 Å². The molecule has 5 nitrogen and oxygen atoms in total. The van der Waals surface area contributed by atoms with E-state index < -0.39 is 10.8 Å². The summed E-state index contributed by atoms with van der Waals surface area (Å²) in [5.41, 5.74) is 1.79. The second-order valence-electron chi connectivity index (χ2n) is 5.55. The number of ether oxygens (including phenoxy) is 1. The third-order valence-electron chi connectivity index (χ3n) is 4.10. The molecule has 1 atom stereocenters. The topological polar surface area (TPSA) is 58.6 Å². The highest BCUT2D eigenvalue weighted by Crippen LogP contribution is 2.32. The maximum atomic E-state index is 12.2. The lowest BCUT2D eigenvalue weighted by molar-refractivity contribution is -0.117. The van der Waals surface area contributed by atoms with Crippen molar-refractivity contribution in [3.8, 4) is 0 Å². The van der Waals surface area contributed by atoms with Gasteiger partial charge in [-0.1, -0.05) is 13.8 Å². The molecule has 1 amide bonds. The molecule has 0 aliphatic carbocycles. The first-order valence-corrected chi connectivity index (χ1v) is 9.80. The van der Waals surface area contributed by atoms with Gasteiger partial charge in [0.05, 0.1) is 17.9 Å². The van der Waals surface area contributed by atoms with E-state index in [1.54, 1.807) is 6.26 Å². The van der Waals surface area contributed by atoms with Crippen molar-refractivity contribution in [3.63, 3.8) is 0 Å². The second kappa shape index (κ2) is 8.45. The van der Waals surface area contributed by atoms with Crippen LogP contribution in [0.5, 0.6) is 0 Å². The molecule has 1 fully saturated rings. The van der Waals surface area contributed by atoms with E-state index in [1.165, 1.54) is 0 Å². The van der Waals surface area contributed by atoms with Crippen LogP contribution in [0.3, 0.4) is 0 Å². The van der Waals surface area contributed by atoms with Crippen molar-refractivity contribution < 1.29 is 13.7 Å². The smallest absolute Gasteiger partial charge is 0.246 e. The number of anilines is 2. The van der Waals surface area contributed by atoms with Crippen molar-refractivity contribution >= 4 is 28.1 Å². The monoisotopic (exact) mass is 338 g/mol. The Morgan fingerprint density at radius 1 is 1.30 bits per heavy atom. The number of fused-ring (bicyclic) bond motifs is 1. The predicted octanol–water partition coefficient (Wildman–Crippen LogP) is 2.64. The van der Waals surface area contributed by atoms with Crippen LogP contribution in [0.15, 0.2) is 23.1 Å². The molecular formula is C17H26N2O3S. The summed E-state index contributed by atoms with van der Waals surface area (Å²) in [6, 6.07) is 5.62. The predicted molar refractivity (Wildman–Crippen MR) is 94.5 cm³/mol. The van der Waals surface area contributed by atoms with Gasteiger partial charge in [-0.3, -0.25) is 9.00 Å². The van der Waals surface area contributed by atoms with Gasteiger partial charge in [-0.2, -0.15) is 0 Å². The zero-order valence-corrected chi connectivity index (χ0v) is 14.9. The Hall–Kier alpha value is -1.40. The first kappa shape index (κ1) is 17.9. The zero-order chi connectivity index (χ0) is 16.8. The molecule has 3 rings (SSSR count). The standard InChI is InChI=1S/C15H20N2O3S.C2H6/c1-21(19)12-2-3-14-13(8-12)16-9-15(18)17(14)10-11-4-6-20-7-5-11;1-2/h2-3,8,11,16H,4-7,9-10H2,1H3;1-2H3. The van der Waals surface area contributed by atoms with Crippen LogP contribution in [-0.2, 0) is 20.3 Å². The molecule has 128 valence electrons. The fourth-order valence-electron chi connectivity index (χ4n) is 2.86. The molecule has 1 saturated heterocycles. The highest BCUT2D eigenvalue weighted by molar-refractivity contribution is 7.84. The Balaban J connectivity index is 0.000000924. The van der Waals surface area contributed by atoms with Gasteiger partial charge in [-0.05, 0) is 37.0 Å². The molecule has 0 saturated carbocycles. The van der Waals surface area contributed by atoms with Crippen LogP contribution < -0.4 is 10.2 Å². The number of carbonyl (C=O) groups excluding carboxylic acids is 1. The molecule has 1 N–H and O–H groups in total. The average Bonchev–Trinajstić information content (AvgIpc) is 2.59. The highest BCUT2D eigenvalue weighted by atomic mass is 32.2. The summed E-state index contributed by atoms with van der Waals surface area (Å²) in [6.45, 7) is 6.61. The number of hydrogen-bond donors (Lipinski definition) is 1. The number of nitrogens with one attached hydrogen (secondary N) is 1. The van der Waals surface area contributed by atoms with Crippen LogP contribution in [0.2, 0.25) is 0 Å². The minimum absolute atomic E-state index is 0.0966. The lowest BCUT2D eigenvalue weighted by Gasteiger charge is -2.34. The highest BCUT2D eigenvalue weighted by Gasteiger charge is 2.27. The minimum Gasteiger partial charge on any atom is -0.381 e. The van der Waals surface area contributed by atoms with Crippen molar-refractivity contribution in [1.29, 1.82) is 0 Å². The minimum atomic E-state index is -1.01. The Morgan fingerprint density at radius 3 is 2.65 bits per heavy atom. The molecule has 0 aromatic heterocycles. The van der Waals surface area contributed by atoms with Gasteiger partial charge < -0.3 is 15.0 Å². The summed E-state index contributed by atoms with van der Waals surface area (Å²) in [6.07, 6.45) is 3.67. The van der Waals surface area contributed by atoms with Crippen LogP contribution in [0, 0.1) is 5.92 Å². The largest absolute Gasteiger partial charge is 0.381 e. The van der Waals surface area contributed by atoms with E-state index in [-0.39, 0.29) is 5.91 Å². The van der Waals surface area contributed by atoms with Crippen molar-refractivity contribution in [3.05, 3.63) is 18.2 Å². The SMILES string of the molecule is CC.CS(=O)c1ccc2c(c1)NCC(=O)N2CC1CCOCC1. The molecule has 1 aromatic rings. The molecular weight excluding hydrogens is 312 g/mol. The Kier molecular flexibility index (Phi) is 6.59. The summed E-state index contributed by atoms with van der Waals surface area (Å²) in [5.74, 6) is 0.591. The van der Waals surface area contributed by atoms with Crippen molar-refractivity contribution in [2.75, 3.05) is 42.8 Å². The molecule has 2 aliphatic rings. The van der Waals surface area contributed by atoms with E-state index in [4.69, 9.17) is 4.74 Å². The van der Waals surface area contributed by atoms with Crippen molar-refractivity contribution in [1.82, 2.24) is 0 Å². The first-order chi connectivity index (χ1) is 11.1. The Labute approximate surface area is 140 Å². The summed E-state index contributed by atoms with van der Waals surface area (Å²) in [5, 5.41) is 3.12.